The number of aromatic amines is 1. The standard InChI is InChI=1S/C16H10F3N3O/c17-10-6-12(19)14(7-11(10)18)21-16-20-13(8-15(23)22-16)9-4-2-1-3-5-9/h1-8H,(H2,20,21,22,23). The number of rotatable bonds is 3. The Bertz CT molecular complexity index is 910. The molecule has 0 atom stereocenters. The van der Waals surface area contributed by atoms with E-state index in [4.69, 9.17) is 0 Å². The first-order valence-corrected chi connectivity index (χ1v) is 6.61. The Morgan fingerprint density at radius 2 is 1.61 bits per heavy atom. The summed E-state index contributed by atoms with van der Waals surface area (Å²) < 4.78 is 39.8. The summed E-state index contributed by atoms with van der Waals surface area (Å²) in [5.41, 5.74) is 0.244. The van der Waals surface area contributed by atoms with Gasteiger partial charge in [-0.15, -0.1) is 0 Å². The molecule has 2 N–H and O–H groups in total. The van der Waals surface area contributed by atoms with Gasteiger partial charge in [-0.1, -0.05) is 30.3 Å². The molecule has 23 heavy (non-hydrogen) atoms. The summed E-state index contributed by atoms with van der Waals surface area (Å²) in [4.78, 5) is 18.2. The topological polar surface area (TPSA) is 57.8 Å². The van der Waals surface area contributed by atoms with Crippen molar-refractivity contribution in [2.75, 3.05) is 5.32 Å². The number of hydrogen-bond acceptors (Lipinski definition) is 3. The van der Waals surface area contributed by atoms with Crippen molar-refractivity contribution in [1.29, 1.82) is 0 Å². The minimum Gasteiger partial charge on any atom is -0.323 e. The molecule has 0 aliphatic carbocycles. The smallest absolute Gasteiger partial charge is 0.252 e. The van der Waals surface area contributed by atoms with E-state index in [9.17, 15) is 18.0 Å². The minimum absolute atomic E-state index is 0.0822. The molecule has 0 unspecified atom stereocenters. The molecule has 7 heteroatoms. The second-order valence-electron chi connectivity index (χ2n) is 4.72. The lowest BCUT2D eigenvalue weighted by Gasteiger charge is -2.08. The second-order valence-corrected chi connectivity index (χ2v) is 4.72. The third-order valence-corrected chi connectivity index (χ3v) is 3.07. The van der Waals surface area contributed by atoms with Crippen LogP contribution >= 0.6 is 0 Å². The number of nitrogens with one attached hydrogen (secondary N) is 2. The Balaban J connectivity index is 2.00. The molecule has 0 bridgehead atoms. The first-order chi connectivity index (χ1) is 11.0. The molecule has 0 fully saturated rings. The number of H-pyrrole nitrogens is 1. The molecule has 4 nitrogen and oxygen atoms in total. The first kappa shape index (κ1) is 14.8. The van der Waals surface area contributed by atoms with E-state index in [0.29, 0.717) is 23.4 Å². The summed E-state index contributed by atoms with van der Waals surface area (Å²) in [5.74, 6) is -3.60. The predicted molar refractivity (Wildman–Crippen MR) is 79.9 cm³/mol. The highest BCUT2D eigenvalue weighted by molar-refractivity contribution is 5.62. The Morgan fingerprint density at radius 1 is 0.913 bits per heavy atom. The number of anilines is 2. The van der Waals surface area contributed by atoms with Crippen LogP contribution in [0.25, 0.3) is 11.3 Å². The van der Waals surface area contributed by atoms with Gasteiger partial charge in [0.2, 0.25) is 5.95 Å². The number of nitrogens with zero attached hydrogens (tertiary/aromatic N) is 1. The molecule has 116 valence electrons. The van der Waals surface area contributed by atoms with E-state index in [1.54, 1.807) is 24.3 Å². The van der Waals surface area contributed by atoms with Crippen molar-refractivity contribution in [2.24, 2.45) is 0 Å². The number of aromatic nitrogens is 2. The largest absolute Gasteiger partial charge is 0.323 e. The molecule has 0 spiro atoms. The number of hydrogen-bond donors (Lipinski definition) is 2. The highest BCUT2D eigenvalue weighted by atomic mass is 19.2. The summed E-state index contributed by atoms with van der Waals surface area (Å²) >= 11 is 0. The van der Waals surface area contributed by atoms with Crippen molar-refractivity contribution in [3.05, 3.63) is 76.3 Å². The quantitative estimate of drug-likeness (QED) is 0.726. The zero-order valence-electron chi connectivity index (χ0n) is 11.6. The van der Waals surface area contributed by atoms with Crippen LogP contribution in [0.3, 0.4) is 0 Å². The average Bonchev–Trinajstić information content (AvgIpc) is 2.53. The molecular formula is C16H10F3N3O. The van der Waals surface area contributed by atoms with E-state index in [-0.39, 0.29) is 11.6 Å². The molecule has 0 saturated carbocycles. The Morgan fingerprint density at radius 3 is 2.35 bits per heavy atom. The van der Waals surface area contributed by atoms with E-state index >= 15 is 0 Å². The van der Waals surface area contributed by atoms with Crippen molar-refractivity contribution in [2.45, 2.75) is 0 Å². The van der Waals surface area contributed by atoms with E-state index < -0.39 is 23.0 Å². The Kier molecular flexibility index (Phi) is 3.84. The van der Waals surface area contributed by atoms with Crippen LogP contribution in [0.1, 0.15) is 0 Å². The normalized spacial score (nSPS) is 10.6. The fourth-order valence-corrected chi connectivity index (χ4v) is 2.02. The summed E-state index contributed by atoms with van der Waals surface area (Å²) in [5, 5.41) is 2.44. The summed E-state index contributed by atoms with van der Waals surface area (Å²) in [6.45, 7) is 0. The van der Waals surface area contributed by atoms with Crippen LogP contribution in [0.15, 0.2) is 53.3 Å². The molecule has 1 aromatic heterocycles. The van der Waals surface area contributed by atoms with Crippen LogP contribution in [0.2, 0.25) is 0 Å². The lowest BCUT2D eigenvalue weighted by Crippen LogP contribution is -2.11. The van der Waals surface area contributed by atoms with Gasteiger partial charge in [0.25, 0.3) is 5.56 Å². The molecule has 0 saturated heterocycles. The van der Waals surface area contributed by atoms with Crippen molar-refractivity contribution < 1.29 is 13.2 Å². The van der Waals surface area contributed by atoms with Gasteiger partial charge in [-0.2, -0.15) is 0 Å². The molecule has 0 aliphatic rings. The van der Waals surface area contributed by atoms with Gasteiger partial charge < -0.3 is 5.32 Å². The SMILES string of the molecule is O=c1cc(-c2ccccc2)nc(Nc2cc(F)c(F)cc2F)[nH]1. The van der Waals surface area contributed by atoms with Crippen LogP contribution in [0.5, 0.6) is 0 Å². The van der Waals surface area contributed by atoms with Crippen LogP contribution < -0.4 is 10.9 Å². The third kappa shape index (κ3) is 3.23. The maximum absolute atomic E-state index is 13.7. The van der Waals surface area contributed by atoms with Gasteiger partial charge >= 0.3 is 0 Å². The van der Waals surface area contributed by atoms with E-state index in [2.05, 4.69) is 15.3 Å². The molecule has 0 amide bonds. The van der Waals surface area contributed by atoms with Gasteiger partial charge in [0.05, 0.1) is 11.4 Å². The lowest BCUT2D eigenvalue weighted by molar-refractivity contribution is 0.496. The van der Waals surface area contributed by atoms with Gasteiger partial charge in [0.15, 0.2) is 11.6 Å². The zero-order valence-corrected chi connectivity index (χ0v) is 11.6. The fourth-order valence-electron chi connectivity index (χ4n) is 2.02. The van der Waals surface area contributed by atoms with Crippen molar-refractivity contribution in [3.8, 4) is 11.3 Å². The molecular weight excluding hydrogens is 307 g/mol. The van der Waals surface area contributed by atoms with Crippen LogP contribution in [-0.2, 0) is 0 Å². The summed E-state index contributed by atoms with van der Waals surface area (Å²) in [6.07, 6.45) is 0. The molecule has 3 aromatic rings. The van der Waals surface area contributed by atoms with Gasteiger partial charge in [0, 0.05) is 23.8 Å². The molecule has 2 aromatic carbocycles. The van der Waals surface area contributed by atoms with Gasteiger partial charge in [0.1, 0.15) is 5.82 Å². The second kappa shape index (κ2) is 5.96. The maximum Gasteiger partial charge on any atom is 0.252 e. The monoisotopic (exact) mass is 317 g/mol. The number of halogens is 3. The molecule has 3 rings (SSSR count). The van der Waals surface area contributed by atoms with E-state index in [1.807, 2.05) is 6.07 Å². The van der Waals surface area contributed by atoms with Crippen molar-refractivity contribution >= 4 is 11.6 Å². The number of benzene rings is 2. The van der Waals surface area contributed by atoms with Crippen molar-refractivity contribution in [1.82, 2.24) is 9.97 Å². The van der Waals surface area contributed by atoms with Crippen LogP contribution in [0, 0.1) is 17.5 Å². The van der Waals surface area contributed by atoms with E-state index in [0.717, 1.165) is 0 Å². The highest BCUT2D eigenvalue weighted by Gasteiger charge is 2.11. The minimum atomic E-state index is -1.30. The third-order valence-electron chi connectivity index (χ3n) is 3.07. The van der Waals surface area contributed by atoms with E-state index in [1.165, 1.54) is 6.07 Å². The van der Waals surface area contributed by atoms with Gasteiger partial charge in [-0.05, 0) is 0 Å². The van der Waals surface area contributed by atoms with Crippen LogP contribution in [-0.4, -0.2) is 9.97 Å². The molecule has 1 heterocycles. The molecule has 0 radical (unpaired) electrons. The predicted octanol–water partition coefficient (Wildman–Crippen LogP) is 3.60. The Hall–Kier alpha value is -3.09. The van der Waals surface area contributed by atoms with Gasteiger partial charge in [-0.25, -0.2) is 18.2 Å². The fraction of sp³-hybridized carbons (Fsp3) is 0. The first-order valence-electron chi connectivity index (χ1n) is 6.61. The zero-order chi connectivity index (χ0) is 16.4. The summed E-state index contributed by atoms with van der Waals surface area (Å²) in [7, 11) is 0. The summed E-state index contributed by atoms with van der Waals surface area (Å²) in [6, 6.07) is 11.2. The molecule has 0 aliphatic heterocycles. The van der Waals surface area contributed by atoms with Crippen LogP contribution in [0.4, 0.5) is 24.8 Å². The maximum atomic E-state index is 13.7. The highest BCUT2D eigenvalue weighted by Crippen LogP contribution is 2.22. The average molecular weight is 317 g/mol. The lowest BCUT2D eigenvalue weighted by atomic mass is 10.1. The Labute approximate surface area is 128 Å². The van der Waals surface area contributed by atoms with Crippen molar-refractivity contribution in [3.63, 3.8) is 0 Å². The van der Waals surface area contributed by atoms with Gasteiger partial charge in [-0.3, -0.25) is 9.78 Å².